The molecule has 0 unspecified atom stereocenters. The minimum atomic E-state index is -3.65. The van der Waals surface area contributed by atoms with Gasteiger partial charge in [0.25, 0.3) is 10.1 Å². The lowest BCUT2D eigenvalue weighted by atomic mass is 10.1. The van der Waals surface area contributed by atoms with Crippen LogP contribution in [-0.4, -0.2) is 20.0 Å². The van der Waals surface area contributed by atoms with Crippen molar-refractivity contribution in [1.29, 1.82) is 0 Å². The average Bonchev–Trinajstić information content (AvgIpc) is 2.96. The maximum absolute atomic E-state index is 12.0. The molecule has 0 atom stereocenters. The summed E-state index contributed by atoms with van der Waals surface area (Å²) in [4.78, 5) is 3.41. The molecule has 1 aromatic heterocycles. The number of aryl methyl sites for hydroxylation is 1. The average molecular weight is 315 g/mol. The molecule has 114 valence electrons. The normalized spacial score (nSPS) is 11.8. The molecule has 0 saturated carbocycles. The van der Waals surface area contributed by atoms with Crippen molar-refractivity contribution in [2.24, 2.45) is 0 Å². The molecule has 0 aliphatic heterocycles. The van der Waals surface area contributed by atoms with Crippen LogP contribution in [-0.2, 0) is 20.7 Å². The highest BCUT2D eigenvalue weighted by atomic mass is 32.2. The maximum atomic E-state index is 12.0. The summed E-state index contributed by atoms with van der Waals surface area (Å²) in [7, 11) is -3.65. The Bertz CT molecular complexity index is 854. The number of aromatic nitrogens is 1. The van der Waals surface area contributed by atoms with Crippen molar-refractivity contribution < 1.29 is 12.6 Å². The zero-order chi connectivity index (χ0) is 15.4. The van der Waals surface area contributed by atoms with Gasteiger partial charge in [-0.2, -0.15) is 8.42 Å². The molecule has 0 saturated heterocycles. The number of benzene rings is 2. The van der Waals surface area contributed by atoms with Gasteiger partial charge in [0.1, 0.15) is 0 Å². The number of rotatable bonds is 6. The Morgan fingerprint density at radius 3 is 2.50 bits per heavy atom. The summed E-state index contributed by atoms with van der Waals surface area (Å²) < 4.78 is 29.0. The van der Waals surface area contributed by atoms with Gasteiger partial charge < -0.3 is 4.98 Å². The molecule has 2 aromatic carbocycles. The maximum Gasteiger partial charge on any atom is 0.296 e. The Kier molecular flexibility index (Phi) is 4.27. The van der Waals surface area contributed by atoms with Crippen molar-refractivity contribution in [3.05, 3.63) is 66.4 Å². The fourth-order valence-corrected chi connectivity index (χ4v) is 3.39. The lowest BCUT2D eigenvalue weighted by Crippen LogP contribution is -2.08. The molecule has 4 nitrogen and oxygen atoms in total. The fraction of sp³-hybridized carbons (Fsp3) is 0.176. The lowest BCUT2D eigenvalue weighted by Gasteiger charge is -2.05. The van der Waals surface area contributed by atoms with Crippen molar-refractivity contribution in [1.82, 2.24) is 4.98 Å². The highest BCUT2D eigenvalue weighted by molar-refractivity contribution is 7.86. The Hall–Kier alpha value is -2.11. The molecule has 0 radical (unpaired) electrons. The minimum absolute atomic E-state index is 0.177. The quantitative estimate of drug-likeness (QED) is 0.559. The lowest BCUT2D eigenvalue weighted by molar-refractivity contribution is 0.312. The van der Waals surface area contributed by atoms with E-state index in [1.807, 2.05) is 24.4 Å². The molecule has 0 amide bonds. The predicted molar refractivity (Wildman–Crippen MR) is 86.2 cm³/mol. The molecule has 0 aliphatic carbocycles. The van der Waals surface area contributed by atoms with Crippen LogP contribution in [0.4, 0.5) is 0 Å². The van der Waals surface area contributed by atoms with E-state index in [1.54, 1.807) is 18.2 Å². The molecule has 22 heavy (non-hydrogen) atoms. The van der Waals surface area contributed by atoms with Crippen LogP contribution >= 0.6 is 0 Å². The van der Waals surface area contributed by atoms with E-state index in [2.05, 4.69) is 11.1 Å². The first-order valence-corrected chi connectivity index (χ1v) is 8.57. The number of nitrogens with one attached hydrogen (secondary N) is 1. The summed E-state index contributed by atoms with van der Waals surface area (Å²) in [6, 6.07) is 16.3. The van der Waals surface area contributed by atoms with E-state index in [-0.39, 0.29) is 11.5 Å². The molecular formula is C17H17NO3S. The van der Waals surface area contributed by atoms with Crippen molar-refractivity contribution in [2.45, 2.75) is 17.7 Å². The van der Waals surface area contributed by atoms with Gasteiger partial charge in [-0.3, -0.25) is 4.18 Å². The number of para-hydroxylation sites is 1. The van der Waals surface area contributed by atoms with Crippen molar-refractivity contribution >= 4 is 21.0 Å². The van der Waals surface area contributed by atoms with Crippen molar-refractivity contribution in [3.8, 4) is 0 Å². The van der Waals surface area contributed by atoms with Crippen LogP contribution in [0.1, 0.15) is 12.0 Å². The van der Waals surface area contributed by atoms with Crippen LogP contribution in [0.2, 0.25) is 0 Å². The summed E-state index contributed by atoms with van der Waals surface area (Å²) in [5.41, 5.74) is 2.27. The number of fused-ring (bicyclic) bond motifs is 1. The van der Waals surface area contributed by atoms with Gasteiger partial charge in [0, 0.05) is 17.1 Å². The van der Waals surface area contributed by atoms with E-state index in [0.717, 1.165) is 11.9 Å². The highest BCUT2D eigenvalue weighted by Crippen LogP contribution is 2.19. The van der Waals surface area contributed by atoms with Gasteiger partial charge in [-0.25, -0.2) is 0 Å². The first-order valence-electron chi connectivity index (χ1n) is 7.16. The van der Waals surface area contributed by atoms with Crippen LogP contribution in [0.3, 0.4) is 0 Å². The van der Waals surface area contributed by atoms with Crippen molar-refractivity contribution in [3.63, 3.8) is 0 Å². The first-order chi connectivity index (χ1) is 10.7. The fourth-order valence-electron chi connectivity index (χ4n) is 2.42. The molecule has 0 aliphatic rings. The SMILES string of the molecule is O=S(=O)(OCCCc1c[nH]c2ccccc12)c1ccccc1. The molecule has 3 aromatic rings. The Labute approximate surface area is 129 Å². The van der Waals surface area contributed by atoms with Crippen LogP contribution in [0.5, 0.6) is 0 Å². The summed E-state index contributed by atoms with van der Waals surface area (Å²) in [6.45, 7) is 0.177. The highest BCUT2D eigenvalue weighted by Gasteiger charge is 2.14. The Morgan fingerprint density at radius 2 is 1.68 bits per heavy atom. The zero-order valence-corrected chi connectivity index (χ0v) is 12.8. The third-order valence-corrected chi connectivity index (χ3v) is 4.86. The summed E-state index contributed by atoms with van der Waals surface area (Å²) >= 11 is 0. The molecule has 0 fully saturated rings. The topological polar surface area (TPSA) is 59.2 Å². The monoisotopic (exact) mass is 315 g/mol. The second-order valence-electron chi connectivity index (χ2n) is 5.05. The molecule has 1 heterocycles. The number of hydrogen-bond donors (Lipinski definition) is 1. The molecule has 0 bridgehead atoms. The van der Waals surface area contributed by atoms with E-state index < -0.39 is 10.1 Å². The number of H-pyrrole nitrogens is 1. The van der Waals surface area contributed by atoms with Gasteiger partial charge >= 0.3 is 0 Å². The molecule has 3 rings (SSSR count). The van der Waals surface area contributed by atoms with Gasteiger partial charge in [-0.15, -0.1) is 0 Å². The Balaban J connectivity index is 1.58. The van der Waals surface area contributed by atoms with Gasteiger partial charge in [-0.1, -0.05) is 36.4 Å². The summed E-state index contributed by atoms with van der Waals surface area (Å²) in [6.07, 6.45) is 3.39. The van der Waals surface area contributed by atoms with Crippen LogP contribution < -0.4 is 0 Å². The summed E-state index contributed by atoms with van der Waals surface area (Å²) in [5.74, 6) is 0. The van der Waals surface area contributed by atoms with E-state index in [9.17, 15) is 8.42 Å². The Morgan fingerprint density at radius 1 is 0.955 bits per heavy atom. The van der Waals surface area contributed by atoms with E-state index in [4.69, 9.17) is 4.18 Å². The summed E-state index contributed by atoms with van der Waals surface area (Å²) in [5, 5.41) is 1.17. The van der Waals surface area contributed by atoms with Crippen molar-refractivity contribution in [2.75, 3.05) is 6.61 Å². The van der Waals surface area contributed by atoms with Gasteiger partial charge in [-0.05, 0) is 36.6 Å². The molecule has 5 heteroatoms. The largest absolute Gasteiger partial charge is 0.361 e. The second-order valence-corrected chi connectivity index (χ2v) is 6.67. The minimum Gasteiger partial charge on any atom is -0.361 e. The van der Waals surface area contributed by atoms with E-state index in [0.29, 0.717) is 6.42 Å². The molecule has 0 spiro atoms. The first kappa shape index (κ1) is 14.8. The van der Waals surface area contributed by atoms with E-state index >= 15 is 0 Å². The molecule has 1 N–H and O–H groups in total. The molecular weight excluding hydrogens is 298 g/mol. The van der Waals surface area contributed by atoms with Crippen LogP contribution in [0.25, 0.3) is 10.9 Å². The van der Waals surface area contributed by atoms with E-state index in [1.165, 1.54) is 23.1 Å². The van der Waals surface area contributed by atoms with Gasteiger partial charge in [0.15, 0.2) is 0 Å². The standard InChI is InChI=1S/C17H17NO3S/c19-22(20,15-8-2-1-3-9-15)21-12-6-7-14-13-18-17-11-5-4-10-16(14)17/h1-5,8-11,13,18H,6-7,12H2. The predicted octanol–water partition coefficient (Wildman–Crippen LogP) is 3.51. The zero-order valence-electron chi connectivity index (χ0n) is 12.0. The smallest absolute Gasteiger partial charge is 0.296 e. The number of hydrogen-bond acceptors (Lipinski definition) is 3. The third kappa shape index (κ3) is 3.21. The van der Waals surface area contributed by atoms with Crippen LogP contribution in [0.15, 0.2) is 65.7 Å². The third-order valence-electron chi connectivity index (χ3n) is 3.54. The second kappa shape index (κ2) is 6.34. The number of aromatic amines is 1. The van der Waals surface area contributed by atoms with Crippen LogP contribution in [0, 0.1) is 0 Å². The van der Waals surface area contributed by atoms with Gasteiger partial charge in [0.2, 0.25) is 0 Å². The van der Waals surface area contributed by atoms with Gasteiger partial charge in [0.05, 0.1) is 11.5 Å².